The van der Waals surface area contributed by atoms with E-state index in [4.69, 9.17) is 0 Å². The van der Waals surface area contributed by atoms with Crippen molar-refractivity contribution in [3.8, 4) is 0 Å². The van der Waals surface area contributed by atoms with Crippen molar-refractivity contribution in [2.24, 2.45) is 0 Å². The minimum atomic E-state index is 0.478. The number of anilines is 3. The Morgan fingerprint density at radius 3 is 2.26 bits per heavy atom. The molecule has 23 heavy (non-hydrogen) atoms. The maximum atomic E-state index is 4.42. The van der Waals surface area contributed by atoms with Crippen molar-refractivity contribution in [2.45, 2.75) is 39.8 Å². The maximum Gasteiger partial charge on any atom is 0.231 e. The van der Waals surface area contributed by atoms with E-state index in [-0.39, 0.29) is 0 Å². The number of nitrogens with one attached hydrogen (secondary N) is 2. The van der Waals surface area contributed by atoms with Gasteiger partial charge in [-0.1, -0.05) is 0 Å². The van der Waals surface area contributed by atoms with Crippen LogP contribution in [-0.4, -0.2) is 50.0 Å². The van der Waals surface area contributed by atoms with Crippen molar-refractivity contribution >= 4 is 17.7 Å². The molecule has 0 saturated heterocycles. The highest BCUT2D eigenvalue weighted by Crippen LogP contribution is 2.10. The number of nitrogens with zero attached hydrogens (tertiary/aromatic N) is 5. The topological polar surface area (TPSA) is 78.9 Å². The molecule has 0 aromatic carbocycles. The minimum Gasteiger partial charge on any atom is -0.369 e. The third-order valence-electron chi connectivity index (χ3n) is 3.45. The van der Waals surface area contributed by atoms with Crippen molar-refractivity contribution in [2.75, 3.05) is 23.7 Å². The smallest absolute Gasteiger partial charge is 0.231 e. The summed E-state index contributed by atoms with van der Waals surface area (Å²) in [5, 5.41) is 6.32. The third-order valence-corrected chi connectivity index (χ3v) is 3.45. The molecule has 2 heterocycles. The van der Waals surface area contributed by atoms with Crippen LogP contribution < -0.4 is 10.6 Å². The summed E-state index contributed by atoms with van der Waals surface area (Å²) in [6.07, 6.45) is 5.05. The Bertz CT molecular complexity index is 578. The molecule has 124 valence electrons. The summed E-state index contributed by atoms with van der Waals surface area (Å²) in [6, 6.07) is 4.66. The molecule has 0 spiro atoms. The van der Waals surface area contributed by atoms with Crippen LogP contribution in [0.1, 0.15) is 27.7 Å². The summed E-state index contributed by atoms with van der Waals surface area (Å²) in [5.41, 5.74) is 0. The predicted octanol–water partition coefficient (Wildman–Crippen LogP) is 2.54. The van der Waals surface area contributed by atoms with Crippen LogP contribution in [-0.2, 0) is 0 Å². The predicted molar refractivity (Wildman–Crippen MR) is 92.8 cm³/mol. The standard InChI is InChI=1S/C16H25N7/c1-12(2)23(13(3)4)11-10-17-14-6-9-20-16(21-14)22-15-18-7-5-8-19-15/h5-9,12-13H,10-11H2,1-4H3,(H2,17,18,19,20,21,22). The van der Waals surface area contributed by atoms with Gasteiger partial charge in [0.2, 0.25) is 11.9 Å². The molecule has 7 heteroatoms. The molecule has 2 aromatic heterocycles. The van der Waals surface area contributed by atoms with E-state index in [9.17, 15) is 0 Å². The zero-order valence-electron chi connectivity index (χ0n) is 14.2. The first-order chi connectivity index (χ1) is 11.1. The monoisotopic (exact) mass is 315 g/mol. The van der Waals surface area contributed by atoms with Gasteiger partial charge in [-0.2, -0.15) is 4.98 Å². The molecular formula is C16H25N7. The highest BCUT2D eigenvalue weighted by Gasteiger charge is 2.12. The van der Waals surface area contributed by atoms with E-state index in [0.29, 0.717) is 24.0 Å². The number of hydrogen-bond donors (Lipinski definition) is 2. The molecule has 0 saturated carbocycles. The van der Waals surface area contributed by atoms with Gasteiger partial charge in [0.1, 0.15) is 5.82 Å². The molecule has 2 N–H and O–H groups in total. The highest BCUT2D eigenvalue weighted by atomic mass is 15.2. The Kier molecular flexibility index (Phi) is 6.22. The summed E-state index contributed by atoms with van der Waals surface area (Å²) in [6.45, 7) is 10.6. The molecule has 0 radical (unpaired) electrons. The van der Waals surface area contributed by atoms with Crippen LogP contribution >= 0.6 is 0 Å². The zero-order valence-corrected chi connectivity index (χ0v) is 14.2. The molecule has 0 aliphatic heterocycles. The molecule has 0 bridgehead atoms. The molecule has 0 aliphatic carbocycles. The highest BCUT2D eigenvalue weighted by molar-refractivity contribution is 5.46. The molecule has 7 nitrogen and oxygen atoms in total. The van der Waals surface area contributed by atoms with E-state index in [2.05, 4.69) is 63.2 Å². The fourth-order valence-corrected chi connectivity index (χ4v) is 2.41. The molecule has 0 fully saturated rings. The second-order valence-electron chi connectivity index (χ2n) is 5.81. The van der Waals surface area contributed by atoms with Crippen LogP contribution in [0.2, 0.25) is 0 Å². The van der Waals surface area contributed by atoms with Gasteiger partial charge in [-0.15, -0.1) is 0 Å². The molecule has 0 amide bonds. The second-order valence-corrected chi connectivity index (χ2v) is 5.81. The van der Waals surface area contributed by atoms with Crippen LogP contribution in [0.4, 0.5) is 17.7 Å². The first-order valence-corrected chi connectivity index (χ1v) is 7.93. The molecular weight excluding hydrogens is 290 g/mol. The average molecular weight is 315 g/mol. The summed E-state index contributed by atoms with van der Waals surface area (Å²) < 4.78 is 0. The van der Waals surface area contributed by atoms with Gasteiger partial charge in [-0.05, 0) is 39.8 Å². The average Bonchev–Trinajstić information content (AvgIpc) is 2.52. The minimum absolute atomic E-state index is 0.478. The van der Waals surface area contributed by atoms with Crippen molar-refractivity contribution in [3.63, 3.8) is 0 Å². The normalized spacial score (nSPS) is 11.3. The Hall–Kier alpha value is -2.28. The van der Waals surface area contributed by atoms with Gasteiger partial charge in [0.25, 0.3) is 0 Å². The first-order valence-electron chi connectivity index (χ1n) is 7.93. The van der Waals surface area contributed by atoms with E-state index in [1.807, 2.05) is 6.07 Å². The molecule has 0 aliphatic rings. The Morgan fingerprint density at radius 2 is 1.61 bits per heavy atom. The zero-order chi connectivity index (χ0) is 16.7. The van der Waals surface area contributed by atoms with Gasteiger partial charge < -0.3 is 5.32 Å². The van der Waals surface area contributed by atoms with E-state index >= 15 is 0 Å². The van der Waals surface area contributed by atoms with E-state index in [1.165, 1.54) is 0 Å². The fraction of sp³-hybridized carbons (Fsp3) is 0.500. The lowest BCUT2D eigenvalue weighted by atomic mass is 10.2. The van der Waals surface area contributed by atoms with E-state index in [0.717, 1.165) is 18.9 Å². The van der Waals surface area contributed by atoms with Crippen molar-refractivity contribution in [1.82, 2.24) is 24.8 Å². The van der Waals surface area contributed by atoms with Gasteiger partial charge in [-0.3, -0.25) is 10.2 Å². The number of aromatic nitrogens is 4. The Labute approximate surface area is 137 Å². The number of rotatable bonds is 8. The lowest BCUT2D eigenvalue weighted by Gasteiger charge is -2.30. The maximum absolute atomic E-state index is 4.42. The molecule has 2 rings (SSSR count). The molecule has 0 unspecified atom stereocenters. The summed E-state index contributed by atoms with van der Waals surface area (Å²) in [5.74, 6) is 1.74. The largest absolute Gasteiger partial charge is 0.369 e. The van der Waals surface area contributed by atoms with Crippen molar-refractivity contribution in [1.29, 1.82) is 0 Å². The first kappa shape index (κ1) is 17.1. The van der Waals surface area contributed by atoms with Crippen LogP contribution in [0.25, 0.3) is 0 Å². The quantitative estimate of drug-likeness (QED) is 0.775. The molecule has 0 atom stereocenters. The fourth-order valence-electron chi connectivity index (χ4n) is 2.41. The van der Waals surface area contributed by atoms with Gasteiger partial charge >= 0.3 is 0 Å². The van der Waals surface area contributed by atoms with Gasteiger partial charge in [0.05, 0.1) is 0 Å². The lowest BCUT2D eigenvalue weighted by molar-refractivity contribution is 0.182. The third kappa shape index (κ3) is 5.45. The van der Waals surface area contributed by atoms with Crippen molar-refractivity contribution < 1.29 is 0 Å². The summed E-state index contributed by atoms with van der Waals surface area (Å²) in [7, 11) is 0. The van der Waals surface area contributed by atoms with Gasteiger partial charge in [0, 0.05) is 43.8 Å². The Balaban J connectivity index is 1.90. The molecule has 2 aromatic rings. The second kappa shape index (κ2) is 8.38. The SMILES string of the molecule is CC(C)N(CCNc1ccnc(Nc2ncccn2)n1)C(C)C. The van der Waals surface area contributed by atoms with Crippen LogP contribution in [0.3, 0.4) is 0 Å². The van der Waals surface area contributed by atoms with Crippen LogP contribution in [0, 0.1) is 0 Å². The van der Waals surface area contributed by atoms with Gasteiger partial charge in [0.15, 0.2) is 0 Å². The van der Waals surface area contributed by atoms with Gasteiger partial charge in [-0.25, -0.2) is 15.0 Å². The lowest BCUT2D eigenvalue weighted by Crippen LogP contribution is -2.40. The van der Waals surface area contributed by atoms with E-state index < -0.39 is 0 Å². The number of hydrogen-bond acceptors (Lipinski definition) is 7. The van der Waals surface area contributed by atoms with Crippen molar-refractivity contribution in [3.05, 3.63) is 30.7 Å². The van der Waals surface area contributed by atoms with Crippen LogP contribution in [0.5, 0.6) is 0 Å². The van der Waals surface area contributed by atoms with Crippen LogP contribution in [0.15, 0.2) is 30.7 Å². The Morgan fingerprint density at radius 1 is 0.957 bits per heavy atom. The summed E-state index contributed by atoms with van der Waals surface area (Å²) >= 11 is 0. The van der Waals surface area contributed by atoms with E-state index in [1.54, 1.807) is 24.7 Å². The summed E-state index contributed by atoms with van der Waals surface area (Å²) in [4.78, 5) is 19.2.